The molecule has 1 N–H and O–H groups in total. The van der Waals surface area contributed by atoms with Crippen molar-refractivity contribution in [2.24, 2.45) is 5.92 Å². The van der Waals surface area contributed by atoms with Crippen LogP contribution in [0.15, 0.2) is 18.2 Å². The fraction of sp³-hybridized carbons (Fsp3) is 0.533. The van der Waals surface area contributed by atoms with E-state index in [9.17, 15) is 9.90 Å². The lowest BCUT2D eigenvalue weighted by atomic mass is 9.95. The normalized spacial score (nSPS) is 25.9. The molecule has 0 aromatic heterocycles. The zero-order valence-electron chi connectivity index (χ0n) is 11.1. The molecule has 1 amide bonds. The van der Waals surface area contributed by atoms with Crippen molar-refractivity contribution in [1.29, 1.82) is 0 Å². The average molecular weight is 261 g/mol. The monoisotopic (exact) mass is 261 g/mol. The van der Waals surface area contributed by atoms with Crippen molar-refractivity contribution in [1.82, 2.24) is 4.90 Å². The predicted octanol–water partition coefficient (Wildman–Crippen LogP) is 1.46. The van der Waals surface area contributed by atoms with E-state index in [1.165, 1.54) is 0 Å². The van der Waals surface area contributed by atoms with Gasteiger partial charge >= 0.3 is 0 Å². The minimum Gasteiger partial charge on any atom is -0.493 e. The average Bonchev–Trinajstić information content (AvgIpc) is 2.88. The number of carbonyl (C=O) groups is 1. The molecule has 3 rings (SSSR count). The van der Waals surface area contributed by atoms with E-state index >= 15 is 0 Å². The van der Waals surface area contributed by atoms with Crippen LogP contribution in [0.2, 0.25) is 0 Å². The number of benzene rings is 1. The fourth-order valence-electron chi connectivity index (χ4n) is 2.74. The van der Waals surface area contributed by atoms with Gasteiger partial charge < -0.3 is 14.7 Å². The van der Waals surface area contributed by atoms with Crippen LogP contribution in [0.1, 0.15) is 29.3 Å². The number of aliphatic hydroxyl groups is 1. The number of piperidine rings is 1. The number of rotatable bonds is 1. The van der Waals surface area contributed by atoms with Crippen LogP contribution < -0.4 is 4.74 Å². The third-order valence-corrected chi connectivity index (χ3v) is 4.14. The number of ether oxygens (including phenoxy) is 1. The van der Waals surface area contributed by atoms with Crippen LogP contribution in [0.4, 0.5) is 0 Å². The number of β-amino-alcohol motifs (C(OH)–C–C–N with tert-alkyl or cyclic N) is 1. The summed E-state index contributed by atoms with van der Waals surface area (Å²) in [6, 6.07) is 5.62. The summed E-state index contributed by atoms with van der Waals surface area (Å²) in [7, 11) is 0. The smallest absolute Gasteiger partial charge is 0.253 e. The zero-order valence-corrected chi connectivity index (χ0v) is 11.1. The first-order valence-electron chi connectivity index (χ1n) is 6.88. The maximum absolute atomic E-state index is 12.4. The summed E-state index contributed by atoms with van der Waals surface area (Å²) in [5, 5.41) is 9.88. The first-order chi connectivity index (χ1) is 9.15. The molecule has 1 aromatic carbocycles. The van der Waals surface area contributed by atoms with Crippen molar-refractivity contribution >= 4 is 5.91 Å². The number of hydrogen-bond acceptors (Lipinski definition) is 3. The molecule has 2 unspecified atom stereocenters. The van der Waals surface area contributed by atoms with Gasteiger partial charge in [0.05, 0.1) is 12.7 Å². The lowest BCUT2D eigenvalue weighted by molar-refractivity contribution is 0.0248. The Morgan fingerprint density at radius 2 is 2.32 bits per heavy atom. The van der Waals surface area contributed by atoms with Crippen LogP contribution in [0.25, 0.3) is 0 Å². The Labute approximate surface area is 113 Å². The lowest BCUT2D eigenvalue weighted by Crippen LogP contribution is -2.45. The first-order valence-corrected chi connectivity index (χ1v) is 6.88. The quantitative estimate of drug-likeness (QED) is 0.832. The highest BCUT2D eigenvalue weighted by atomic mass is 16.5. The highest BCUT2D eigenvalue weighted by Gasteiger charge is 2.28. The highest BCUT2D eigenvalue weighted by Crippen LogP contribution is 2.27. The van der Waals surface area contributed by atoms with Crippen LogP contribution >= 0.6 is 0 Å². The standard InChI is InChI=1S/C15H19NO3/c1-10-4-6-16(9-13(10)17)15(18)12-2-3-14-11(8-12)5-7-19-14/h2-3,8,10,13,17H,4-7,9H2,1H3. The number of fused-ring (bicyclic) bond motifs is 1. The topological polar surface area (TPSA) is 49.8 Å². The summed E-state index contributed by atoms with van der Waals surface area (Å²) in [5.41, 5.74) is 1.81. The van der Waals surface area contributed by atoms with Crippen molar-refractivity contribution in [2.45, 2.75) is 25.9 Å². The minimum absolute atomic E-state index is 0.0145. The molecule has 1 aromatic rings. The number of nitrogens with zero attached hydrogens (tertiary/aromatic N) is 1. The predicted molar refractivity (Wildman–Crippen MR) is 71.3 cm³/mol. The number of aliphatic hydroxyl groups excluding tert-OH is 1. The second kappa shape index (κ2) is 4.85. The van der Waals surface area contributed by atoms with Crippen molar-refractivity contribution in [3.63, 3.8) is 0 Å². The van der Waals surface area contributed by atoms with Crippen LogP contribution in [-0.4, -0.2) is 41.7 Å². The Balaban J connectivity index is 1.77. The van der Waals surface area contributed by atoms with Gasteiger partial charge in [0, 0.05) is 25.1 Å². The molecule has 19 heavy (non-hydrogen) atoms. The van der Waals surface area contributed by atoms with Gasteiger partial charge in [-0.05, 0) is 36.1 Å². The van der Waals surface area contributed by atoms with E-state index in [2.05, 4.69) is 0 Å². The van der Waals surface area contributed by atoms with E-state index in [1.807, 2.05) is 25.1 Å². The molecule has 2 aliphatic rings. The van der Waals surface area contributed by atoms with Gasteiger partial charge in [-0.1, -0.05) is 6.92 Å². The first kappa shape index (κ1) is 12.5. The Bertz CT molecular complexity index is 500. The van der Waals surface area contributed by atoms with E-state index in [-0.39, 0.29) is 11.8 Å². The number of likely N-dealkylation sites (tertiary alicyclic amines) is 1. The Hall–Kier alpha value is -1.55. The molecule has 1 fully saturated rings. The molecule has 1 saturated heterocycles. The molecule has 2 heterocycles. The van der Waals surface area contributed by atoms with E-state index in [0.717, 1.165) is 30.7 Å². The molecular formula is C15H19NO3. The molecular weight excluding hydrogens is 242 g/mol. The van der Waals surface area contributed by atoms with Gasteiger partial charge in [-0.3, -0.25) is 4.79 Å². The van der Waals surface area contributed by atoms with E-state index in [1.54, 1.807) is 4.90 Å². The van der Waals surface area contributed by atoms with Crippen LogP contribution in [-0.2, 0) is 6.42 Å². The van der Waals surface area contributed by atoms with Crippen molar-refractivity contribution < 1.29 is 14.6 Å². The van der Waals surface area contributed by atoms with E-state index in [0.29, 0.717) is 18.7 Å². The molecule has 0 radical (unpaired) electrons. The van der Waals surface area contributed by atoms with Crippen molar-refractivity contribution in [2.75, 3.05) is 19.7 Å². The molecule has 4 heteroatoms. The van der Waals surface area contributed by atoms with Crippen LogP contribution in [0.5, 0.6) is 5.75 Å². The number of carbonyl (C=O) groups excluding carboxylic acids is 1. The van der Waals surface area contributed by atoms with Crippen LogP contribution in [0.3, 0.4) is 0 Å². The SMILES string of the molecule is CC1CCN(C(=O)c2ccc3c(c2)CCO3)CC1O. The molecule has 0 spiro atoms. The summed E-state index contributed by atoms with van der Waals surface area (Å²) in [4.78, 5) is 14.2. The zero-order chi connectivity index (χ0) is 13.4. The number of hydrogen-bond donors (Lipinski definition) is 1. The lowest BCUT2D eigenvalue weighted by Gasteiger charge is -2.34. The van der Waals surface area contributed by atoms with Gasteiger partial charge in [0.15, 0.2) is 0 Å². The van der Waals surface area contributed by atoms with Gasteiger partial charge in [-0.15, -0.1) is 0 Å². The number of amides is 1. The maximum atomic E-state index is 12.4. The maximum Gasteiger partial charge on any atom is 0.253 e. The van der Waals surface area contributed by atoms with E-state index in [4.69, 9.17) is 4.74 Å². The van der Waals surface area contributed by atoms with Crippen molar-refractivity contribution in [3.05, 3.63) is 29.3 Å². The Morgan fingerprint density at radius 3 is 3.11 bits per heavy atom. The molecule has 2 atom stereocenters. The fourth-order valence-corrected chi connectivity index (χ4v) is 2.74. The van der Waals surface area contributed by atoms with Gasteiger partial charge in [0.1, 0.15) is 5.75 Å². The largest absolute Gasteiger partial charge is 0.493 e. The van der Waals surface area contributed by atoms with Gasteiger partial charge in [0.25, 0.3) is 5.91 Å². The van der Waals surface area contributed by atoms with E-state index < -0.39 is 6.10 Å². The Morgan fingerprint density at radius 1 is 1.47 bits per heavy atom. The van der Waals surface area contributed by atoms with Gasteiger partial charge in [-0.2, -0.15) is 0 Å². The summed E-state index contributed by atoms with van der Waals surface area (Å²) in [6.07, 6.45) is 1.33. The third-order valence-electron chi connectivity index (χ3n) is 4.14. The molecule has 0 saturated carbocycles. The third kappa shape index (κ3) is 2.32. The molecule has 4 nitrogen and oxygen atoms in total. The van der Waals surface area contributed by atoms with Crippen molar-refractivity contribution in [3.8, 4) is 5.75 Å². The summed E-state index contributed by atoms with van der Waals surface area (Å²) in [5.74, 6) is 1.18. The molecule has 0 bridgehead atoms. The summed E-state index contributed by atoms with van der Waals surface area (Å²) >= 11 is 0. The molecule has 102 valence electrons. The highest BCUT2D eigenvalue weighted by molar-refractivity contribution is 5.94. The molecule has 2 aliphatic heterocycles. The van der Waals surface area contributed by atoms with Gasteiger partial charge in [-0.25, -0.2) is 0 Å². The minimum atomic E-state index is -0.407. The van der Waals surface area contributed by atoms with Crippen LogP contribution in [0, 0.1) is 5.92 Å². The Kier molecular flexibility index (Phi) is 3.19. The summed E-state index contributed by atoms with van der Waals surface area (Å²) in [6.45, 7) is 3.89. The second-order valence-corrected chi connectivity index (χ2v) is 5.51. The second-order valence-electron chi connectivity index (χ2n) is 5.51. The molecule has 0 aliphatic carbocycles. The summed E-state index contributed by atoms with van der Waals surface area (Å²) < 4.78 is 5.44. The van der Waals surface area contributed by atoms with Gasteiger partial charge in [0.2, 0.25) is 0 Å².